The lowest BCUT2D eigenvalue weighted by atomic mass is 9.96. The van der Waals surface area contributed by atoms with E-state index in [2.05, 4.69) is 24.9 Å². The molecule has 8 heteroatoms. The highest BCUT2D eigenvalue weighted by Crippen LogP contribution is 2.29. The zero-order chi connectivity index (χ0) is 28.6. The quantitative estimate of drug-likeness (QED) is 0.261. The van der Waals surface area contributed by atoms with Gasteiger partial charge in [0, 0.05) is 30.9 Å². The number of imidazole rings is 1. The number of amides is 2. The largest absolute Gasteiger partial charge is 0.452 e. The van der Waals surface area contributed by atoms with Crippen LogP contribution in [0.3, 0.4) is 0 Å². The van der Waals surface area contributed by atoms with E-state index in [-0.39, 0.29) is 24.3 Å². The van der Waals surface area contributed by atoms with Crippen molar-refractivity contribution < 1.29 is 14.3 Å². The number of aromatic nitrogens is 2. The van der Waals surface area contributed by atoms with Gasteiger partial charge in [0.25, 0.3) is 0 Å². The van der Waals surface area contributed by atoms with E-state index >= 15 is 0 Å². The summed E-state index contributed by atoms with van der Waals surface area (Å²) in [5.41, 5.74) is 3.16. The van der Waals surface area contributed by atoms with E-state index in [9.17, 15) is 9.59 Å². The second-order valence-corrected chi connectivity index (χ2v) is 10.0. The van der Waals surface area contributed by atoms with Crippen LogP contribution in [0.5, 0.6) is 0 Å². The van der Waals surface area contributed by atoms with Crippen LogP contribution in [0, 0.1) is 17.2 Å². The lowest BCUT2D eigenvalue weighted by Crippen LogP contribution is -2.50. The molecule has 0 aliphatic rings. The number of carbonyl (C=O) groups excluding carboxylic acids is 2. The van der Waals surface area contributed by atoms with Gasteiger partial charge in [-0.1, -0.05) is 68.8 Å². The smallest absolute Gasteiger partial charge is 0.414 e. The number of nitriles is 1. The molecule has 2 amide bonds. The van der Waals surface area contributed by atoms with Gasteiger partial charge in [0.1, 0.15) is 0 Å². The van der Waals surface area contributed by atoms with E-state index < -0.39 is 6.09 Å². The summed E-state index contributed by atoms with van der Waals surface area (Å²) in [6.45, 7) is 5.03. The second kappa shape index (κ2) is 12.9. The maximum Gasteiger partial charge on any atom is 0.414 e. The number of anilines is 1. The second-order valence-electron chi connectivity index (χ2n) is 10.0. The molecule has 1 aromatic heterocycles. The van der Waals surface area contributed by atoms with Crippen LogP contribution in [0.4, 0.5) is 10.5 Å². The Morgan fingerprint density at radius 1 is 1.07 bits per heavy atom. The molecule has 3 aromatic carbocycles. The number of methoxy groups -OCH3 is 1. The van der Waals surface area contributed by atoms with Gasteiger partial charge in [-0.05, 0) is 35.1 Å². The monoisotopic (exact) mass is 537 g/mol. The molecule has 0 saturated heterocycles. The zero-order valence-corrected chi connectivity index (χ0v) is 23.4. The standard InChI is InChI=1S/C32H35N5O3/c1-5-23(2)30(21-37(32(39)40-4)29-12-8-10-26-9-6-7-11-28(26)29)35(3)31(38)17-27-19-34-22-36(27)20-25-15-13-24(18-33)14-16-25/h6-16,19,22-23,30H,5,17,20-21H2,1-4H3/t23-,30+/m0/s1. The fourth-order valence-corrected chi connectivity index (χ4v) is 4.95. The number of ether oxygens (including phenoxy) is 1. The molecule has 0 N–H and O–H groups in total. The molecular formula is C32H35N5O3. The fraction of sp³-hybridized carbons (Fsp3) is 0.312. The number of hydrogen-bond acceptors (Lipinski definition) is 5. The minimum Gasteiger partial charge on any atom is -0.452 e. The van der Waals surface area contributed by atoms with Gasteiger partial charge >= 0.3 is 6.09 Å². The van der Waals surface area contributed by atoms with Crippen LogP contribution in [0.1, 0.15) is 37.1 Å². The Kier molecular flexibility index (Phi) is 9.18. The van der Waals surface area contributed by atoms with Gasteiger partial charge in [-0.2, -0.15) is 5.26 Å². The first-order chi connectivity index (χ1) is 19.4. The number of likely N-dealkylation sites (N-methyl/N-ethyl adjacent to an activating group) is 1. The van der Waals surface area contributed by atoms with Crippen molar-refractivity contribution in [3.05, 3.63) is 96.1 Å². The Balaban J connectivity index is 1.56. The van der Waals surface area contributed by atoms with E-state index in [1.807, 2.05) is 59.2 Å². The Labute approximate surface area is 235 Å². The molecule has 0 fully saturated rings. The lowest BCUT2D eigenvalue weighted by Gasteiger charge is -2.36. The van der Waals surface area contributed by atoms with E-state index in [0.717, 1.165) is 34.1 Å². The van der Waals surface area contributed by atoms with Gasteiger partial charge in [0.2, 0.25) is 5.91 Å². The summed E-state index contributed by atoms with van der Waals surface area (Å²) < 4.78 is 7.14. The van der Waals surface area contributed by atoms with Crippen molar-refractivity contribution in [3.8, 4) is 6.07 Å². The number of fused-ring (bicyclic) bond motifs is 1. The third-order valence-electron chi connectivity index (χ3n) is 7.58. The molecule has 0 bridgehead atoms. The highest BCUT2D eigenvalue weighted by molar-refractivity contribution is 6.01. The molecule has 0 spiro atoms. The van der Waals surface area contributed by atoms with E-state index in [0.29, 0.717) is 18.7 Å². The zero-order valence-electron chi connectivity index (χ0n) is 23.4. The van der Waals surface area contributed by atoms with Gasteiger partial charge in [-0.15, -0.1) is 0 Å². The van der Waals surface area contributed by atoms with Crippen molar-refractivity contribution in [2.75, 3.05) is 25.6 Å². The summed E-state index contributed by atoms with van der Waals surface area (Å²) in [4.78, 5) is 34.4. The van der Waals surface area contributed by atoms with E-state index in [1.165, 1.54) is 7.11 Å². The third-order valence-corrected chi connectivity index (χ3v) is 7.58. The summed E-state index contributed by atoms with van der Waals surface area (Å²) in [7, 11) is 3.18. The normalized spacial score (nSPS) is 12.4. The molecular weight excluding hydrogens is 502 g/mol. The Morgan fingerprint density at radius 2 is 1.80 bits per heavy atom. The molecule has 40 heavy (non-hydrogen) atoms. The van der Waals surface area contributed by atoms with Gasteiger partial charge in [0.05, 0.1) is 49.8 Å². The summed E-state index contributed by atoms with van der Waals surface area (Å²) in [6.07, 6.45) is 3.97. The van der Waals surface area contributed by atoms with Gasteiger partial charge < -0.3 is 14.2 Å². The minimum absolute atomic E-state index is 0.0605. The number of benzene rings is 3. The van der Waals surface area contributed by atoms with Crippen LogP contribution in [-0.2, 0) is 22.5 Å². The van der Waals surface area contributed by atoms with E-state index in [4.69, 9.17) is 10.00 Å². The maximum atomic E-state index is 13.6. The molecule has 0 aliphatic carbocycles. The number of hydrogen-bond donors (Lipinski definition) is 0. The van der Waals surface area contributed by atoms with E-state index in [1.54, 1.807) is 41.5 Å². The van der Waals surface area contributed by atoms with Crippen molar-refractivity contribution in [2.45, 2.75) is 39.3 Å². The highest BCUT2D eigenvalue weighted by atomic mass is 16.5. The topological polar surface area (TPSA) is 91.5 Å². The lowest BCUT2D eigenvalue weighted by molar-refractivity contribution is -0.132. The molecule has 4 aromatic rings. The maximum absolute atomic E-state index is 13.6. The van der Waals surface area contributed by atoms with Crippen LogP contribution in [0.2, 0.25) is 0 Å². The van der Waals surface area contributed by atoms with Crippen molar-refractivity contribution in [2.24, 2.45) is 5.92 Å². The van der Waals surface area contributed by atoms with Crippen LogP contribution in [-0.4, -0.2) is 53.2 Å². The Morgan fingerprint density at radius 3 is 2.50 bits per heavy atom. The molecule has 2 atom stereocenters. The van der Waals surface area contributed by atoms with Crippen molar-refractivity contribution in [3.63, 3.8) is 0 Å². The summed E-state index contributed by atoms with van der Waals surface area (Å²) in [5.74, 6) is 0.0641. The van der Waals surface area contributed by atoms with Crippen molar-refractivity contribution in [1.29, 1.82) is 5.26 Å². The SMILES string of the molecule is CC[C@H](C)[C@@H](CN(C(=O)OC)c1cccc2ccccc12)N(C)C(=O)Cc1cncn1Cc1ccc(C#N)cc1. The Hall–Kier alpha value is -4.64. The minimum atomic E-state index is -0.467. The van der Waals surface area contributed by atoms with Gasteiger partial charge in [0.15, 0.2) is 0 Å². The number of nitrogens with zero attached hydrogens (tertiary/aromatic N) is 5. The van der Waals surface area contributed by atoms with Crippen LogP contribution < -0.4 is 4.90 Å². The van der Waals surface area contributed by atoms with Gasteiger partial charge in [-0.25, -0.2) is 9.78 Å². The molecule has 8 nitrogen and oxygen atoms in total. The van der Waals surface area contributed by atoms with Gasteiger partial charge in [-0.3, -0.25) is 9.69 Å². The van der Waals surface area contributed by atoms with Crippen LogP contribution in [0.25, 0.3) is 10.8 Å². The number of rotatable bonds is 10. The number of carbonyl (C=O) groups is 2. The van der Waals surface area contributed by atoms with Crippen molar-refractivity contribution in [1.82, 2.24) is 14.5 Å². The summed E-state index contributed by atoms with van der Waals surface area (Å²) >= 11 is 0. The molecule has 0 aliphatic heterocycles. The predicted octanol–water partition coefficient (Wildman–Crippen LogP) is 5.64. The molecule has 0 unspecified atom stereocenters. The molecule has 0 radical (unpaired) electrons. The average molecular weight is 538 g/mol. The predicted molar refractivity (Wildman–Crippen MR) is 156 cm³/mol. The molecule has 0 saturated carbocycles. The third kappa shape index (κ3) is 6.32. The van der Waals surface area contributed by atoms with Crippen LogP contribution in [0.15, 0.2) is 79.3 Å². The van der Waals surface area contributed by atoms with Crippen molar-refractivity contribution >= 4 is 28.5 Å². The average Bonchev–Trinajstić information content (AvgIpc) is 3.42. The summed E-state index contributed by atoms with van der Waals surface area (Å²) in [5, 5.41) is 11.0. The molecule has 206 valence electrons. The van der Waals surface area contributed by atoms with Crippen LogP contribution >= 0.6 is 0 Å². The first-order valence-corrected chi connectivity index (χ1v) is 13.4. The fourth-order valence-electron chi connectivity index (χ4n) is 4.95. The molecule has 1 heterocycles. The highest BCUT2D eigenvalue weighted by Gasteiger charge is 2.31. The molecule has 4 rings (SSSR count). The first-order valence-electron chi connectivity index (χ1n) is 13.4. The summed E-state index contributed by atoms with van der Waals surface area (Å²) in [6, 6.07) is 23.0. The first kappa shape index (κ1) is 28.4. The Bertz CT molecular complexity index is 1500.